The number of phenols is 1. The lowest BCUT2D eigenvalue weighted by Gasteiger charge is -2.03. The van der Waals surface area contributed by atoms with E-state index in [1.807, 2.05) is 0 Å². The zero-order valence-electron chi connectivity index (χ0n) is 7.84. The summed E-state index contributed by atoms with van der Waals surface area (Å²) in [5, 5.41) is 18.7. The molecule has 0 spiro atoms. The standard InChI is InChI=1S/C11H9NO3/c13-8-1-2-10-9(6-8)7(3-4-12-10)5-11(14)15/h1-4,6,13H,5H2,(H,14,15). The first kappa shape index (κ1) is 9.45. The van der Waals surface area contributed by atoms with E-state index in [9.17, 15) is 9.90 Å². The fraction of sp³-hybridized carbons (Fsp3) is 0.0909. The van der Waals surface area contributed by atoms with Crippen LogP contribution in [0.3, 0.4) is 0 Å². The maximum atomic E-state index is 10.6. The van der Waals surface area contributed by atoms with Gasteiger partial charge in [-0.25, -0.2) is 0 Å². The Morgan fingerprint density at radius 3 is 2.87 bits per heavy atom. The van der Waals surface area contributed by atoms with Crippen LogP contribution in [0.25, 0.3) is 10.9 Å². The third kappa shape index (κ3) is 1.88. The summed E-state index contributed by atoms with van der Waals surface area (Å²) in [4.78, 5) is 14.7. The summed E-state index contributed by atoms with van der Waals surface area (Å²) in [5.41, 5.74) is 1.34. The van der Waals surface area contributed by atoms with Crippen molar-refractivity contribution in [2.45, 2.75) is 6.42 Å². The number of pyridine rings is 1. The van der Waals surface area contributed by atoms with Crippen LogP contribution in [0.2, 0.25) is 0 Å². The Bertz CT molecular complexity index is 522. The smallest absolute Gasteiger partial charge is 0.307 e. The quantitative estimate of drug-likeness (QED) is 0.777. The van der Waals surface area contributed by atoms with Gasteiger partial charge in [-0.2, -0.15) is 0 Å². The second-order valence-corrected chi connectivity index (χ2v) is 3.24. The fourth-order valence-corrected chi connectivity index (χ4v) is 1.51. The lowest BCUT2D eigenvalue weighted by atomic mass is 10.1. The molecule has 0 aliphatic rings. The number of fused-ring (bicyclic) bond motifs is 1. The van der Waals surface area contributed by atoms with E-state index in [0.717, 1.165) is 0 Å². The van der Waals surface area contributed by atoms with Crippen LogP contribution < -0.4 is 0 Å². The van der Waals surface area contributed by atoms with Gasteiger partial charge in [0.1, 0.15) is 5.75 Å². The van der Waals surface area contributed by atoms with Gasteiger partial charge in [-0.05, 0) is 29.8 Å². The minimum Gasteiger partial charge on any atom is -0.508 e. The lowest BCUT2D eigenvalue weighted by Crippen LogP contribution is -2.00. The number of aromatic hydroxyl groups is 1. The second-order valence-electron chi connectivity index (χ2n) is 3.24. The molecule has 0 aliphatic carbocycles. The van der Waals surface area contributed by atoms with Gasteiger partial charge in [0, 0.05) is 11.6 Å². The van der Waals surface area contributed by atoms with Crippen molar-refractivity contribution in [2.75, 3.05) is 0 Å². The number of nitrogens with zero attached hydrogens (tertiary/aromatic N) is 1. The molecule has 2 rings (SSSR count). The van der Waals surface area contributed by atoms with E-state index in [4.69, 9.17) is 5.11 Å². The van der Waals surface area contributed by atoms with E-state index >= 15 is 0 Å². The van der Waals surface area contributed by atoms with Crippen molar-refractivity contribution in [2.24, 2.45) is 0 Å². The van der Waals surface area contributed by atoms with Crippen molar-refractivity contribution < 1.29 is 15.0 Å². The Morgan fingerprint density at radius 2 is 2.13 bits per heavy atom. The zero-order chi connectivity index (χ0) is 10.8. The predicted molar refractivity (Wildman–Crippen MR) is 54.7 cm³/mol. The number of carboxylic acids is 1. The Labute approximate surface area is 85.8 Å². The lowest BCUT2D eigenvalue weighted by molar-refractivity contribution is -0.136. The van der Waals surface area contributed by atoms with Crippen molar-refractivity contribution in [3.63, 3.8) is 0 Å². The van der Waals surface area contributed by atoms with Gasteiger partial charge in [0.15, 0.2) is 0 Å². The average molecular weight is 203 g/mol. The molecule has 4 nitrogen and oxygen atoms in total. The number of rotatable bonds is 2. The van der Waals surface area contributed by atoms with Gasteiger partial charge >= 0.3 is 5.97 Å². The molecule has 2 N–H and O–H groups in total. The molecular weight excluding hydrogens is 194 g/mol. The van der Waals surface area contributed by atoms with Crippen LogP contribution in [-0.4, -0.2) is 21.2 Å². The van der Waals surface area contributed by atoms with E-state index in [0.29, 0.717) is 16.5 Å². The van der Waals surface area contributed by atoms with Gasteiger partial charge < -0.3 is 10.2 Å². The van der Waals surface area contributed by atoms with Gasteiger partial charge in [0.2, 0.25) is 0 Å². The molecular formula is C11H9NO3. The Morgan fingerprint density at radius 1 is 1.33 bits per heavy atom. The van der Waals surface area contributed by atoms with E-state index in [2.05, 4.69) is 4.98 Å². The topological polar surface area (TPSA) is 70.4 Å². The molecule has 0 unspecified atom stereocenters. The van der Waals surface area contributed by atoms with Crippen molar-refractivity contribution in [1.29, 1.82) is 0 Å². The molecule has 1 aromatic carbocycles. The molecule has 15 heavy (non-hydrogen) atoms. The average Bonchev–Trinajstić information content (AvgIpc) is 2.18. The van der Waals surface area contributed by atoms with Crippen molar-refractivity contribution in [3.05, 3.63) is 36.0 Å². The summed E-state index contributed by atoms with van der Waals surface area (Å²) in [6.45, 7) is 0. The molecule has 0 saturated carbocycles. The first-order valence-corrected chi connectivity index (χ1v) is 4.45. The first-order chi connectivity index (χ1) is 7.16. The highest BCUT2D eigenvalue weighted by molar-refractivity contribution is 5.86. The normalized spacial score (nSPS) is 10.4. The van der Waals surface area contributed by atoms with Gasteiger partial charge in [-0.1, -0.05) is 0 Å². The van der Waals surface area contributed by atoms with Gasteiger partial charge in [0.25, 0.3) is 0 Å². The maximum Gasteiger partial charge on any atom is 0.307 e. The number of phenolic OH excluding ortho intramolecular Hbond substituents is 1. The minimum atomic E-state index is -0.897. The fourth-order valence-electron chi connectivity index (χ4n) is 1.51. The van der Waals surface area contributed by atoms with Crippen LogP contribution in [0, 0.1) is 0 Å². The molecule has 0 aliphatic heterocycles. The summed E-state index contributed by atoms with van der Waals surface area (Å²) >= 11 is 0. The van der Waals surface area contributed by atoms with Crippen LogP contribution in [0.15, 0.2) is 30.5 Å². The molecule has 76 valence electrons. The largest absolute Gasteiger partial charge is 0.508 e. The number of hydrogen-bond acceptors (Lipinski definition) is 3. The highest BCUT2D eigenvalue weighted by Crippen LogP contribution is 2.21. The molecule has 1 heterocycles. The summed E-state index contributed by atoms with van der Waals surface area (Å²) in [6.07, 6.45) is 1.50. The van der Waals surface area contributed by atoms with Crippen molar-refractivity contribution in [3.8, 4) is 5.75 Å². The third-order valence-corrected chi connectivity index (χ3v) is 2.16. The molecule has 2 aromatic rings. The van der Waals surface area contributed by atoms with Crippen LogP contribution in [-0.2, 0) is 11.2 Å². The second kappa shape index (κ2) is 3.57. The number of hydrogen-bond donors (Lipinski definition) is 2. The van der Waals surface area contributed by atoms with E-state index in [1.54, 1.807) is 18.3 Å². The summed E-state index contributed by atoms with van der Waals surface area (Å²) in [5.74, 6) is -0.784. The molecule has 0 fully saturated rings. The van der Waals surface area contributed by atoms with Gasteiger partial charge in [-0.3, -0.25) is 9.78 Å². The minimum absolute atomic E-state index is 0.0670. The molecule has 4 heteroatoms. The van der Waals surface area contributed by atoms with Gasteiger partial charge in [0.05, 0.1) is 11.9 Å². The van der Waals surface area contributed by atoms with Crippen LogP contribution >= 0.6 is 0 Å². The molecule has 0 amide bonds. The van der Waals surface area contributed by atoms with Crippen LogP contribution in [0.5, 0.6) is 5.75 Å². The number of aliphatic carboxylic acids is 1. The van der Waals surface area contributed by atoms with Crippen LogP contribution in [0.1, 0.15) is 5.56 Å². The highest BCUT2D eigenvalue weighted by atomic mass is 16.4. The summed E-state index contributed by atoms with van der Waals surface area (Å²) in [7, 11) is 0. The number of carbonyl (C=O) groups is 1. The monoisotopic (exact) mass is 203 g/mol. The summed E-state index contributed by atoms with van der Waals surface area (Å²) in [6, 6.07) is 6.37. The molecule has 0 atom stereocenters. The van der Waals surface area contributed by atoms with E-state index in [1.165, 1.54) is 12.1 Å². The highest BCUT2D eigenvalue weighted by Gasteiger charge is 2.06. The van der Waals surface area contributed by atoms with Crippen molar-refractivity contribution >= 4 is 16.9 Å². The number of benzene rings is 1. The van der Waals surface area contributed by atoms with E-state index < -0.39 is 5.97 Å². The summed E-state index contributed by atoms with van der Waals surface area (Å²) < 4.78 is 0. The van der Waals surface area contributed by atoms with Crippen LogP contribution in [0.4, 0.5) is 0 Å². The Kier molecular flexibility index (Phi) is 2.25. The van der Waals surface area contributed by atoms with Crippen molar-refractivity contribution in [1.82, 2.24) is 4.98 Å². The zero-order valence-corrected chi connectivity index (χ0v) is 7.84. The maximum absolute atomic E-state index is 10.6. The molecule has 0 bridgehead atoms. The first-order valence-electron chi connectivity index (χ1n) is 4.45. The van der Waals surface area contributed by atoms with Gasteiger partial charge in [-0.15, -0.1) is 0 Å². The van der Waals surface area contributed by atoms with E-state index in [-0.39, 0.29) is 12.2 Å². The number of aromatic nitrogens is 1. The Hall–Kier alpha value is -2.10. The molecule has 0 saturated heterocycles. The third-order valence-electron chi connectivity index (χ3n) is 2.16. The Balaban J connectivity index is 2.63. The molecule has 0 radical (unpaired) electrons. The number of carboxylic acid groups (broad SMARTS) is 1. The molecule has 1 aromatic heterocycles. The SMILES string of the molecule is O=C(O)Cc1ccnc2ccc(O)cc12. The predicted octanol–water partition coefficient (Wildman–Crippen LogP) is 1.57.